The number of nitrogens with two attached hydrogens (primary N) is 2. The van der Waals surface area contributed by atoms with Gasteiger partial charge in [0.05, 0.1) is 11.5 Å². The number of benzene rings is 2. The largest absolute Gasteiger partial charge is 0.398 e. The van der Waals surface area contributed by atoms with Crippen LogP contribution in [0.15, 0.2) is 36.4 Å². The lowest BCUT2D eigenvalue weighted by atomic mass is 10.00. The second-order valence-electron chi connectivity index (χ2n) is 5.97. The molecule has 0 heterocycles. The van der Waals surface area contributed by atoms with Crippen molar-refractivity contribution in [3.05, 3.63) is 47.5 Å². The normalized spacial score (nSPS) is 12.2. The van der Waals surface area contributed by atoms with E-state index in [0.717, 1.165) is 23.6 Å². The summed E-state index contributed by atoms with van der Waals surface area (Å²) in [6, 6.07) is 10.2. The molecular formula is C16H20N2O4S2. The Bertz CT molecular complexity index is 900. The zero-order valence-corrected chi connectivity index (χ0v) is 15.1. The molecule has 8 heteroatoms. The van der Waals surface area contributed by atoms with Crippen LogP contribution >= 0.6 is 0 Å². The molecule has 0 radical (unpaired) electrons. The fourth-order valence-electron chi connectivity index (χ4n) is 2.39. The molecule has 0 saturated heterocycles. The summed E-state index contributed by atoms with van der Waals surface area (Å²) in [6.45, 7) is 0. The average Bonchev–Trinajstić information content (AvgIpc) is 2.41. The lowest BCUT2D eigenvalue weighted by Gasteiger charge is -2.11. The summed E-state index contributed by atoms with van der Waals surface area (Å²) in [6.07, 6.45) is 2.29. The number of anilines is 2. The average molecular weight is 368 g/mol. The number of hydrogen-bond donors (Lipinski definition) is 2. The third-order valence-corrected chi connectivity index (χ3v) is 5.13. The van der Waals surface area contributed by atoms with E-state index >= 15 is 0 Å². The van der Waals surface area contributed by atoms with Crippen LogP contribution in [0, 0.1) is 0 Å². The summed E-state index contributed by atoms with van der Waals surface area (Å²) in [4.78, 5) is 0. The molecule has 2 aromatic rings. The first-order valence-corrected chi connectivity index (χ1v) is 11.2. The van der Waals surface area contributed by atoms with Crippen LogP contribution in [0.2, 0.25) is 0 Å². The van der Waals surface area contributed by atoms with E-state index in [1.165, 1.54) is 0 Å². The highest BCUT2D eigenvalue weighted by molar-refractivity contribution is 7.90. The molecule has 2 aromatic carbocycles. The van der Waals surface area contributed by atoms with E-state index in [1.54, 1.807) is 36.4 Å². The van der Waals surface area contributed by atoms with Gasteiger partial charge in [-0.3, -0.25) is 0 Å². The van der Waals surface area contributed by atoms with Crippen molar-refractivity contribution in [1.82, 2.24) is 0 Å². The van der Waals surface area contributed by atoms with Gasteiger partial charge in [0.1, 0.15) is 0 Å². The molecule has 0 unspecified atom stereocenters. The van der Waals surface area contributed by atoms with Crippen LogP contribution in [0.5, 0.6) is 0 Å². The Kier molecular flexibility index (Phi) is 4.91. The monoisotopic (exact) mass is 368 g/mol. The van der Waals surface area contributed by atoms with Crippen molar-refractivity contribution < 1.29 is 16.8 Å². The summed E-state index contributed by atoms with van der Waals surface area (Å²) in [5.41, 5.74) is 15.0. The van der Waals surface area contributed by atoms with Crippen LogP contribution in [0.1, 0.15) is 11.1 Å². The summed E-state index contributed by atoms with van der Waals surface area (Å²) in [7, 11) is -6.43. The molecule has 6 nitrogen and oxygen atoms in total. The molecule has 0 saturated carbocycles. The minimum atomic E-state index is -3.22. The van der Waals surface area contributed by atoms with Crippen LogP contribution in [0.4, 0.5) is 11.4 Å². The Morgan fingerprint density at radius 3 is 1.33 bits per heavy atom. The molecule has 0 fully saturated rings. The van der Waals surface area contributed by atoms with E-state index in [9.17, 15) is 16.8 Å². The summed E-state index contributed by atoms with van der Waals surface area (Å²) in [5, 5.41) is 0. The maximum atomic E-state index is 11.5. The number of sulfone groups is 2. The molecule has 0 amide bonds. The van der Waals surface area contributed by atoms with Crippen molar-refractivity contribution in [1.29, 1.82) is 0 Å². The zero-order chi connectivity index (χ0) is 18.1. The number of hydrogen-bond acceptors (Lipinski definition) is 6. The molecule has 2 rings (SSSR count). The lowest BCUT2D eigenvalue weighted by molar-refractivity contribution is 0.599. The molecule has 0 spiro atoms. The van der Waals surface area contributed by atoms with E-state index < -0.39 is 19.7 Å². The standard InChI is InChI=1S/C16H20N2O4S2/c1-23(19,20)9-13-7-11(3-5-15(13)17)12-4-6-16(18)14(8-12)10-24(2,21)22/h3-8H,9-10,17-18H2,1-2H3. The first-order chi connectivity index (χ1) is 10.9. The maximum absolute atomic E-state index is 11.5. The highest BCUT2D eigenvalue weighted by Gasteiger charge is 2.12. The SMILES string of the molecule is CS(=O)(=O)Cc1cc(-c2ccc(N)c(CS(C)(=O)=O)c2)ccc1N. The van der Waals surface area contributed by atoms with Gasteiger partial charge in [-0.2, -0.15) is 0 Å². The van der Waals surface area contributed by atoms with Crippen molar-refractivity contribution in [2.75, 3.05) is 24.0 Å². The van der Waals surface area contributed by atoms with E-state index in [4.69, 9.17) is 11.5 Å². The van der Waals surface area contributed by atoms with Crippen molar-refractivity contribution in [2.24, 2.45) is 0 Å². The topological polar surface area (TPSA) is 120 Å². The van der Waals surface area contributed by atoms with Gasteiger partial charge in [-0.05, 0) is 46.5 Å². The van der Waals surface area contributed by atoms with Crippen LogP contribution in [0.3, 0.4) is 0 Å². The minimum Gasteiger partial charge on any atom is -0.398 e. The molecule has 0 aromatic heterocycles. The molecule has 130 valence electrons. The van der Waals surface area contributed by atoms with E-state index in [-0.39, 0.29) is 11.5 Å². The van der Waals surface area contributed by atoms with E-state index in [1.807, 2.05) is 0 Å². The van der Waals surface area contributed by atoms with Crippen LogP contribution < -0.4 is 11.5 Å². The minimum absolute atomic E-state index is 0.155. The Labute approximate surface area is 142 Å². The predicted octanol–water partition coefficient (Wildman–Crippen LogP) is 1.61. The molecule has 0 aliphatic carbocycles. The van der Waals surface area contributed by atoms with Gasteiger partial charge >= 0.3 is 0 Å². The molecular weight excluding hydrogens is 348 g/mol. The first-order valence-electron chi connectivity index (χ1n) is 7.07. The van der Waals surface area contributed by atoms with E-state index in [0.29, 0.717) is 22.5 Å². The van der Waals surface area contributed by atoms with Gasteiger partial charge in [0, 0.05) is 23.9 Å². The van der Waals surface area contributed by atoms with Gasteiger partial charge in [0.15, 0.2) is 19.7 Å². The Morgan fingerprint density at radius 2 is 1.04 bits per heavy atom. The highest BCUT2D eigenvalue weighted by atomic mass is 32.2. The molecule has 0 bridgehead atoms. The van der Waals surface area contributed by atoms with Crippen molar-refractivity contribution in [2.45, 2.75) is 11.5 Å². The van der Waals surface area contributed by atoms with Crippen molar-refractivity contribution in [3.63, 3.8) is 0 Å². The Balaban J connectivity index is 2.49. The smallest absolute Gasteiger partial charge is 0.151 e. The first kappa shape index (κ1) is 18.3. The Morgan fingerprint density at radius 1 is 0.708 bits per heavy atom. The molecule has 4 N–H and O–H groups in total. The number of nitrogen functional groups attached to an aromatic ring is 2. The van der Waals surface area contributed by atoms with Crippen molar-refractivity contribution in [3.8, 4) is 11.1 Å². The summed E-state index contributed by atoms with van der Waals surface area (Å²) < 4.78 is 46.1. The summed E-state index contributed by atoms with van der Waals surface area (Å²) >= 11 is 0. The Hall–Kier alpha value is -2.06. The van der Waals surface area contributed by atoms with Gasteiger partial charge < -0.3 is 11.5 Å². The molecule has 0 aliphatic heterocycles. The van der Waals surface area contributed by atoms with Crippen LogP contribution in [-0.4, -0.2) is 29.3 Å². The highest BCUT2D eigenvalue weighted by Crippen LogP contribution is 2.28. The molecule has 0 aliphatic rings. The molecule has 0 atom stereocenters. The van der Waals surface area contributed by atoms with Crippen LogP contribution in [0.25, 0.3) is 11.1 Å². The lowest BCUT2D eigenvalue weighted by Crippen LogP contribution is -2.05. The van der Waals surface area contributed by atoms with E-state index in [2.05, 4.69) is 0 Å². The van der Waals surface area contributed by atoms with Gasteiger partial charge in [-0.25, -0.2) is 16.8 Å². The van der Waals surface area contributed by atoms with Gasteiger partial charge in [0.25, 0.3) is 0 Å². The van der Waals surface area contributed by atoms with Gasteiger partial charge in [-0.15, -0.1) is 0 Å². The van der Waals surface area contributed by atoms with Gasteiger partial charge in [0.2, 0.25) is 0 Å². The second kappa shape index (κ2) is 6.45. The quantitative estimate of drug-likeness (QED) is 0.774. The predicted molar refractivity (Wildman–Crippen MR) is 97.8 cm³/mol. The maximum Gasteiger partial charge on any atom is 0.151 e. The summed E-state index contributed by atoms with van der Waals surface area (Å²) in [5.74, 6) is -0.310. The second-order valence-corrected chi connectivity index (χ2v) is 10.2. The van der Waals surface area contributed by atoms with Crippen LogP contribution in [-0.2, 0) is 31.2 Å². The number of rotatable bonds is 5. The zero-order valence-electron chi connectivity index (χ0n) is 13.5. The third-order valence-electron chi connectivity index (χ3n) is 3.45. The fraction of sp³-hybridized carbons (Fsp3) is 0.250. The van der Waals surface area contributed by atoms with Gasteiger partial charge in [-0.1, -0.05) is 12.1 Å². The molecule has 24 heavy (non-hydrogen) atoms. The third kappa shape index (κ3) is 4.97. The fourth-order valence-corrected chi connectivity index (χ4v) is 4.02. The van der Waals surface area contributed by atoms with Crippen molar-refractivity contribution >= 4 is 31.0 Å².